The molecule has 0 bridgehead atoms. The molecule has 39 heavy (non-hydrogen) atoms. The van der Waals surface area contributed by atoms with Crippen LogP contribution >= 0.6 is 0 Å². The van der Waals surface area contributed by atoms with Crippen molar-refractivity contribution in [3.8, 4) is 11.1 Å². The van der Waals surface area contributed by atoms with Crippen molar-refractivity contribution in [2.45, 2.75) is 45.2 Å². The first-order chi connectivity index (χ1) is 19.0. The minimum atomic E-state index is 0.233. The summed E-state index contributed by atoms with van der Waals surface area (Å²) in [4.78, 5) is 29.8. The number of nitrogens with two attached hydrogens (primary N) is 1. The minimum absolute atomic E-state index is 0.233. The summed E-state index contributed by atoms with van der Waals surface area (Å²) in [7, 11) is 0. The van der Waals surface area contributed by atoms with Gasteiger partial charge in [0.25, 0.3) is 0 Å². The molecule has 1 aliphatic heterocycles. The third-order valence-corrected chi connectivity index (χ3v) is 7.42. The van der Waals surface area contributed by atoms with E-state index in [4.69, 9.17) is 5.73 Å². The van der Waals surface area contributed by atoms with Crippen LogP contribution in [-0.2, 0) is 11.3 Å². The van der Waals surface area contributed by atoms with Crippen LogP contribution in [0.5, 0.6) is 0 Å². The molecule has 206 valence electrons. The Morgan fingerprint density at radius 1 is 1.03 bits per heavy atom. The summed E-state index contributed by atoms with van der Waals surface area (Å²) in [5.41, 5.74) is 10.0. The number of carbonyl (C=O) groups excluding carboxylic acids is 1. The van der Waals surface area contributed by atoms with Crippen molar-refractivity contribution in [1.29, 1.82) is 0 Å². The van der Waals surface area contributed by atoms with Gasteiger partial charge >= 0.3 is 0 Å². The molecule has 0 radical (unpaired) electrons. The molecule has 1 aromatic carbocycles. The lowest BCUT2D eigenvalue weighted by Gasteiger charge is -2.34. The Bertz CT molecular complexity index is 1220. The lowest BCUT2D eigenvalue weighted by Crippen LogP contribution is -2.47. The minimum Gasteiger partial charge on any atom is -0.351 e. The van der Waals surface area contributed by atoms with Gasteiger partial charge < -0.3 is 16.4 Å². The highest BCUT2D eigenvalue weighted by Gasteiger charge is 2.25. The van der Waals surface area contributed by atoms with E-state index in [1.165, 1.54) is 18.4 Å². The number of hydrogen-bond acceptors (Lipinski definition) is 9. The van der Waals surface area contributed by atoms with Gasteiger partial charge in [-0.25, -0.2) is 15.0 Å². The van der Waals surface area contributed by atoms with Crippen molar-refractivity contribution in [1.82, 2.24) is 24.8 Å². The Balaban J connectivity index is 1.17. The Labute approximate surface area is 231 Å². The van der Waals surface area contributed by atoms with E-state index in [1.54, 1.807) is 13.1 Å². The topological polar surface area (TPSA) is 112 Å². The van der Waals surface area contributed by atoms with Gasteiger partial charge in [-0.2, -0.15) is 0 Å². The number of carbonyl (C=O) groups is 1. The molecule has 0 spiro atoms. The molecule has 3 heterocycles. The van der Waals surface area contributed by atoms with Crippen molar-refractivity contribution in [3.05, 3.63) is 60.6 Å². The first kappa shape index (κ1) is 27.2. The molecule has 2 aromatic heterocycles. The van der Waals surface area contributed by atoms with Crippen molar-refractivity contribution in [2.75, 3.05) is 49.9 Å². The van der Waals surface area contributed by atoms with E-state index < -0.39 is 0 Å². The Kier molecular flexibility index (Phi) is 9.13. The number of rotatable bonds is 13. The normalized spacial score (nSPS) is 17.1. The standard InChI is InChI=1S/C30H40N8O/c1-22(39)20-37-11-13-38(14-12-37)21-24-3-2-4-27(16-24)35-29-17-25(8-10-32-29)26-18-33-30(34-19-26)36-28(7-9-31)15-23-5-6-23/h2-4,8,10,16-19,23,28H,5-7,9,11-15,20-21,31H2,1H3,(H,32,35)(H,33,34,36). The van der Waals surface area contributed by atoms with Crippen LogP contribution in [-0.4, -0.2) is 75.8 Å². The summed E-state index contributed by atoms with van der Waals surface area (Å²) in [6, 6.07) is 12.8. The van der Waals surface area contributed by atoms with Crippen LogP contribution in [0.2, 0.25) is 0 Å². The molecular weight excluding hydrogens is 488 g/mol. The zero-order chi connectivity index (χ0) is 27.0. The molecule has 9 nitrogen and oxygen atoms in total. The molecule has 9 heteroatoms. The lowest BCUT2D eigenvalue weighted by molar-refractivity contribution is -0.118. The summed E-state index contributed by atoms with van der Waals surface area (Å²) in [6.07, 6.45) is 10.3. The van der Waals surface area contributed by atoms with Gasteiger partial charge in [-0.1, -0.05) is 25.0 Å². The Hall–Kier alpha value is -3.40. The molecule has 1 unspecified atom stereocenters. The largest absolute Gasteiger partial charge is 0.351 e. The third kappa shape index (κ3) is 8.29. The van der Waals surface area contributed by atoms with E-state index in [0.29, 0.717) is 25.1 Å². The fraction of sp³-hybridized carbons (Fsp3) is 0.467. The Morgan fingerprint density at radius 2 is 1.79 bits per heavy atom. The predicted octanol–water partition coefficient (Wildman–Crippen LogP) is 3.92. The van der Waals surface area contributed by atoms with Crippen molar-refractivity contribution in [2.24, 2.45) is 11.7 Å². The SMILES string of the molecule is CC(=O)CN1CCN(Cc2cccc(Nc3cc(-c4cnc(NC(CCN)CC5CC5)nc4)ccn3)c2)CC1. The van der Waals surface area contributed by atoms with Crippen molar-refractivity contribution >= 4 is 23.2 Å². The lowest BCUT2D eigenvalue weighted by atomic mass is 10.1. The van der Waals surface area contributed by atoms with Gasteiger partial charge in [0.15, 0.2) is 0 Å². The first-order valence-corrected chi connectivity index (χ1v) is 14.1. The fourth-order valence-electron chi connectivity index (χ4n) is 5.19. The fourth-order valence-corrected chi connectivity index (χ4v) is 5.19. The quantitative estimate of drug-likeness (QED) is 0.304. The average Bonchev–Trinajstić information content (AvgIpc) is 3.75. The summed E-state index contributed by atoms with van der Waals surface area (Å²) >= 11 is 0. The van der Waals surface area contributed by atoms with Crippen LogP contribution in [0.25, 0.3) is 11.1 Å². The van der Waals surface area contributed by atoms with Crippen LogP contribution < -0.4 is 16.4 Å². The number of benzene rings is 1. The molecule has 1 saturated heterocycles. The number of nitrogens with zero attached hydrogens (tertiary/aromatic N) is 5. The predicted molar refractivity (Wildman–Crippen MR) is 156 cm³/mol. The molecule has 2 aliphatic rings. The zero-order valence-corrected chi connectivity index (χ0v) is 22.9. The number of anilines is 3. The third-order valence-electron chi connectivity index (χ3n) is 7.42. The van der Waals surface area contributed by atoms with Crippen LogP contribution in [0.15, 0.2) is 55.0 Å². The summed E-state index contributed by atoms with van der Waals surface area (Å²) in [5, 5.41) is 6.93. The van der Waals surface area contributed by atoms with Gasteiger partial charge in [0.05, 0.1) is 6.54 Å². The molecule has 4 N–H and O–H groups in total. The maximum atomic E-state index is 11.4. The molecule has 3 aromatic rings. The van der Waals surface area contributed by atoms with Crippen LogP contribution in [0.3, 0.4) is 0 Å². The summed E-state index contributed by atoms with van der Waals surface area (Å²) in [5.74, 6) is 2.49. The Morgan fingerprint density at radius 3 is 2.51 bits per heavy atom. The zero-order valence-electron chi connectivity index (χ0n) is 22.9. The average molecular weight is 529 g/mol. The van der Waals surface area contributed by atoms with E-state index in [2.05, 4.69) is 59.7 Å². The second kappa shape index (κ2) is 13.1. The maximum Gasteiger partial charge on any atom is 0.222 e. The maximum absolute atomic E-state index is 11.4. The molecule has 1 saturated carbocycles. The second-order valence-corrected chi connectivity index (χ2v) is 10.9. The molecule has 1 aliphatic carbocycles. The highest BCUT2D eigenvalue weighted by Crippen LogP contribution is 2.34. The van der Waals surface area contributed by atoms with Crippen LogP contribution in [0.4, 0.5) is 17.5 Å². The van der Waals surface area contributed by atoms with Crippen LogP contribution in [0.1, 0.15) is 38.2 Å². The van der Waals surface area contributed by atoms with E-state index in [-0.39, 0.29) is 5.78 Å². The monoisotopic (exact) mass is 528 g/mol. The highest BCUT2D eigenvalue weighted by atomic mass is 16.1. The van der Waals surface area contributed by atoms with E-state index in [0.717, 1.165) is 74.1 Å². The van der Waals surface area contributed by atoms with Gasteiger partial charge in [-0.05, 0) is 67.6 Å². The molecule has 5 rings (SSSR count). The van der Waals surface area contributed by atoms with Crippen molar-refractivity contribution in [3.63, 3.8) is 0 Å². The number of nitrogens with one attached hydrogen (secondary N) is 2. The summed E-state index contributed by atoms with van der Waals surface area (Å²) < 4.78 is 0. The second-order valence-electron chi connectivity index (χ2n) is 10.9. The van der Waals surface area contributed by atoms with Gasteiger partial charge in [-0.3, -0.25) is 14.6 Å². The smallest absolute Gasteiger partial charge is 0.222 e. The van der Waals surface area contributed by atoms with Crippen molar-refractivity contribution < 1.29 is 4.79 Å². The molecule has 2 fully saturated rings. The van der Waals surface area contributed by atoms with E-state index in [1.807, 2.05) is 24.5 Å². The van der Waals surface area contributed by atoms with Gasteiger partial charge in [0.2, 0.25) is 5.95 Å². The van der Waals surface area contributed by atoms with Gasteiger partial charge in [-0.15, -0.1) is 0 Å². The number of ketones is 1. The van der Waals surface area contributed by atoms with E-state index in [9.17, 15) is 4.79 Å². The van der Waals surface area contributed by atoms with Crippen LogP contribution in [0, 0.1) is 5.92 Å². The molecule has 1 atom stereocenters. The summed E-state index contributed by atoms with van der Waals surface area (Å²) in [6.45, 7) is 7.58. The number of aromatic nitrogens is 3. The first-order valence-electron chi connectivity index (χ1n) is 14.1. The number of hydrogen-bond donors (Lipinski definition) is 3. The number of Topliss-reactive ketones (excluding diaryl/α,β-unsaturated/α-hetero) is 1. The highest BCUT2D eigenvalue weighted by molar-refractivity contribution is 5.77. The van der Waals surface area contributed by atoms with Gasteiger partial charge in [0, 0.05) is 68.6 Å². The number of pyridine rings is 1. The van der Waals surface area contributed by atoms with Gasteiger partial charge in [0.1, 0.15) is 11.6 Å². The molecule has 0 amide bonds. The number of piperazine rings is 1. The molecular formula is C30H40N8O. The van der Waals surface area contributed by atoms with E-state index >= 15 is 0 Å².